The van der Waals surface area contributed by atoms with E-state index >= 15 is 0 Å². The largest absolute Gasteiger partial charge is 0.481 e. The Morgan fingerprint density at radius 3 is 2.68 bits per heavy atom. The van der Waals surface area contributed by atoms with Gasteiger partial charge in [-0.05, 0) is 56.5 Å². The number of aliphatic carboxylic acids is 1. The third kappa shape index (κ3) is 3.68. The molecule has 1 amide bonds. The van der Waals surface area contributed by atoms with E-state index in [4.69, 9.17) is 0 Å². The fourth-order valence-corrected chi connectivity index (χ4v) is 4.21. The van der Waals surface area contributed by atoms with Crippen molar-refractivity contribution in [2.24, 2.45) is 11.3 Å². The van der Waals surface area contributed by atoms with E-state index in [1.807, 2.05) is 11.9 Å². The Hall–Kier alpha value is -1.95. The molecule has 6 heteroatoms. The van der Waals surface area contributed by atoms with Gasteiger partial charge in [0.15, 0.2) is 0 Å². The summed E-state index contributed by atoms with van der Waals surface area (Å²) in [7, 11) is 1.94. The standard InChI is InChI=1S/C19H25FN2O3/c1-21-10-9-15-11-22(13-19(15,12-21)18(24)25)17(23)4-2-3-14-5-7-16(20)8-6-14/h5-8,15H,2-4,9-13H2,1H3,(H,24,25)/t15-,19-/m0/s1. The molecule has 0 spiro atoms. The Morgan fingerprint density at radius 2 is 2.00 bits per heavy atom. The molecule has 0 aliphatic carbocycles. The van der Waals surface area contributed by atoms with Crippen LogP contribution in [0.3, 0.4) is 0 Å². The Morgan fingerprint density at radius 1 is 1.28 bits per heavy atom. The van der Waals surface area contributed by atoms with Crippen LogP contribution in [-0.4, -0.2) is 60.0 Å². The van der Waals surface area contributed by atoms with Crippen LogP contribution in [0.1, 0.15) is 24.8 Å². The highest BCUT2D eigenvalue weighted by atomic mass is 19.1. The summed E-state index contributed by atoms with van der Waals surface area (Å²) in [6.07, 6.45) is 2.62. The first kappa shape index (κ1) is 17.9. The maximum Gasteiger partial charge on any atom is 0.313 e. The van der Waals surface area contributed by atoms with E-state index in [2.05, 4.69) is 0 Å². The molecular formula is C19H25FN2O3. The zero-order chi connectivity index (χ0) is 18.0. The minimum Gasteiger partial charge on any atom is -0.481 e. The topological polar surface area (TPSA) is 60.9 Å². The molecule has 2 heterocycles. The molecule has 2 saturated heterocycles. The van der Waals surface area contributed by atoms with Crippen LogP contribution in [0.4, 0.5) is 4.39 Å². The Kier molecular flexibility index (Phi) is 5.08. The lowest BCUT2D eigenvalue weighted by Crippen LogP contribution is -2.52. The number of carboxylic acid groups (broad SMARTS) is 1. The predicted molar refractivity (Wildman–Crippen MR) is 91.6 cm³/mol. The summed E-state index contributed by atoms with van der Waals surface area (Å²) in [4.78, 5) is 28.2. The number of halogens is 1. The van der Waals surface area contributed by atoms with Gasteiger partial charge in [-0.2, -0.15) is 0 Å². The molecule has 0 unspecified atom stereocenters. The zero-order valence-electron chi connectivity index (χ0n) is 14.6. The summed E-state index contributed by atoms with van der Waals surface area (Å²) in [6.45, 7) is 2.25. The number of hydrogen-bond acceptors (Lipinski definition) is 3. The number of rotatable bonds is 5. The minimum absolute atomic E-state index is 0.0276. The predicted octanol–water partition coefficient (Wildman–Crippen LogP) is 2.01. The Bertz CT molecular complexity index is 649. The van der Waals surface area contributed by atoms with Crippen LogP contribution >= 0.6 is 0 Å². The van der Waals surface area contributed by atoms with E-state index in [9.17, 15) is 19.1 Å². The average molecular weight is 348 g/mol. The summed E-state index contributed by atoms with van der Waals surface area (Å²) < 4.78 is 12.9. The summed E-state index contributed by atoms with van der Waals surface area (Å²) in [5.74, 6) is -0.976. The Balaban J connectivity index is 1.56. The second-order valence-electron chi connectivity index (χ2n) is 7.44. The molecule has 0 radical (unpaired) electrons. The number of piperidine rings is 1. The van der Waals surface area contributed by atoms with Gasteiger partial charge < -0.3 is 14.9 Å². The second kappa shape index (κ2) is 7.12. The van der Waals surface area contributed by atoms with Gasteiger partial charge in [-0.1, -0.05) is 12.1 Å². The summed E-state index contributed by atoms with van der Waals surface area (Å²) in [5.41, 5.74) is 0.188. The third-order valence-corrected chi connectivity index (χ3v) is 5.65. The number of carboxylic acids is 1. The highest BCUT2D eigenvalue weighted by Gasteiger charge is 2.55. The molecule has 0 bridgehead atoms. The number of carbonyl (C=O) groups is 2. The van der Waals surface area contributed by atoms with E-state index in [1.165, 1.54) is 12.1 Å². The van der Waals surface area contributed by atoms with Gasteiger partial charge >= 0.3 is 5.97 Å². The fourth-order valence-electron chi connectivity index (χ4n) is 4.21. The van der Waals surface area contributed by atoms with Crippen molar-refractivity contribution in [3.63, 3.8) is 0 Å². The molecule has 2 aliphatic rings. The number of amides is 1. The first-order valence-electron chi connectivity index (χ1n) is 8.85. The molecule has 0 saturated carbocycles. The van der Waals surface area contributed by atoms with E-state index in [0.29, 0.717) is 32.5 Å². The molecular weight excluding hydrogens is 323 g/mol. The summed E-state index contributed by atoms with van der Waals surface area (Å²) >= 11 is 0. The number of benzene rings is 1. The number of hydrogen-bond donors (Lipinski definition) is 1. The lowest BCUT2D eigenvalue weighted by atomic mass is 9.73. The lowest BCUT2D eigenvalue weighted by molar-refractivity contribution is -0.154. The SMILES string of the molecule is CN1CC[C@H]2CN(C(=O)CCCc3ccc(F)cc3)C[C@@]2(C(=O)O)C1. The molecule has 0 aromatic heterocycles. The molecule has 25 heavy (non-hydrogen) atoms. The number of aryl methyl sites for hydroxylation is 1. The normalized spacial score (nSPS) is 26.5. The molecule has 1 N–H and O–H groups in total. The van der Waals surface area contributed by atoms with Crippen LogP contribution in [0.5, 0.6) is 0 Å². The van der Waals surface area contributed by atoms with Crippen molar-refractivity contribution in [2.45, 2.75) is 25.7 Å². The minimum atomic E-state index is -0.820. The third-order valence-electron chi connectivity index (χ3n) is 5.65. The average Bonchev–Trinajstić information content (AvgIpc) is 2.97. The van der Waals surface area contributed by atoms with Crippen LogP contribution in [0.25, 0.3) is 0 Å². The quantitative estimate of drug-likeness (QED) is 0.884. The molecule has 3 rings (SSSR count). The van der Waals surface area contributed by atoms with Crippen LogP contribution in [0, 0.1) is 17.2 Å². The first-order valence-corrected chi connectivity index (χ1v) is 8.85. The van der Waals surface area contributed by atoms with E-state index in [-0.39, 0.29) is 17.6 Å². The van der Waals surface area contributed by atoms with Crippen LogP contribution < -0.4 is 0 Å². The van der Waals surface area contributed by atoms with Gasteiger partial charge in [0.1, 0.15) is 11.2 Å². The summed E-state index contributed by atoms with van der Waals surface area (Å²) in [6, 6.07) is 6.32. The van der Waals surface area contributed by atoms with Crippen molar-refractivity contribution in [2.75, 3.05) is 33.2 Å². The van der Waals surface area contributed by atoms with Crippen molar-refractivity contribution < 1.29 is 19.1 Å². The van der Waals surface area contributed by atoms with Crippen LogP contribution in [0.15, 0.2) is 24.3 Å². The van der Waals surface area contributed by atoms with Crippen molar-refractivity contribution >= 4 is 11.9 Å². The van der Waals surface area contributed by atoms with Gasteiger partial charge in [0.05, 0.1) is 0 Å². The molecule has 1 aromatic rings. The fraction of sp³-hybridized carbons (Fsp3) is 0.579. The van der Waals surface area contributed by atoms with Gasteiger partial charge in [-0.3, -0.25) is 9.59 Å². The van der Waals surface area contributed by atoms with Crippen molar-refractivity contribution in [1.29, 1.82) is 0 Å². The molecule has 2 atom stereocenters. The van der Waals surface area contributed by atoms with Gasteiger partial charge in [0, 0.05) is 26.1 Å². The lowest BCUT2D eigenvalue weighted by Gasteiger charge is -2.39. The molecule has 5 nitrogen and oxygen atoms in total. The number of likely N-dealkylation sites (tertiary alicyclic amines) is 2. The van der Waals surface area contributed by atoms with Gasteiger partial charge in [-0.15, -0.1) is 0 Å². The van der Waals surface area contributed by atoms with Crippen LogP contribution in [-0.2, 0) is 16.0 Å². The van der Waals surface area contributed by atoms with Crippen molar-refractivity contribution in [1.82, 2.24) is 9.80 Å². The van der Waals surface area contributed by atoms with E-state index in [0.717, 1.165) is 24.9 Å². The van der Waals surface area contributed by atoms with E-state index < -0.39 is 11.4 Å². The highest BCUT2D eigenvalue weighted by molar-refractivity contribution is 5.81. The molecule has 136 valence electrons. The monoisotopic (exact) mass is 348 g/mol. The second-order valence-corrected chi connectivity index (χ2v) is 7.44. The van der Waals surface area contributed by atoms with E-state index in [1.54, 1.807) is 17.0 Å². The van der Waals surface area contributed by atoms with Crippen molar-refractivity contribution in [3.05, 3.63) is 35.6 Å². The number of carbonyl (C=O) groups excluding carboxylic acids is 1. The number of nitrogens with zero attached hydrogens (tertiary/aromatic N) is 2. The Labute approximate surface area is 147 Å². The smallest absolute Gasteiger partial charge is 0.313 e. The highest BCUT2D eigenvalue weighted by Crippen LogP contribution is 2.42. The maximum absolute atomic E-state index is 12.9. The first-order chi connectivity index (χ1) is 11.9. The molecule has 1 aromatic carbocycles. The van der Waals surface area contributed by atoms with Crippen molar-refractivity contribution in [3.8, 4) is 0 Å². The molecule has 2 fully saturated rings. The zero-order valence-corrected chi connectivity index (χ0v) is 14.6. The van der Waals surface area contributed by atoms with Gasteiger partial charge in [-0.25, -0.2) is 4.39 Å². The maximum atomic E-state index is 12.9. The molecule has 2 aliphatic heterocycles. The number of fused-ring (bicyclic) bond motifs is 1. The van der Waals surface area contributed by atoms with Gasteiger partial charge in [0.25, 0.3) is 0 Å². The van der Waals surface area contributed by atoms with Gasteiger partial charge in [0.2, 0.25) is 5.91 Å². The van der Waals surface area contributed by atoms with Crippen LogP contribution in [0.2, 0.25) is 0 Å². The summed E-state index contributed by atoms with van der Waals surface area (Å²) in [5, 5.41) is 9.77.